The van der Waals surface area contributed by atoms with Crippen molar-refractivity contribution in [3.8, 4) is 0 Å². The summed E-state index contributed by atoms with van der Waals surface area (Å²) in [6, 6.07) is 8.43. The minimum atomic E-state index is 0.129. The highest BCUT2D eigenvalue weighted by Gasteiger charge is 2.33. The normalized spacial score (nSPS) is 19.1. The van der Waals surface area contributed by atoms with Gasteiger partial charge in [0.15, 0.2) is 5.78 Å². The van der Waals surface area contributed by atoms with Crippen molar-refractivity contribution in [2.75, 3.05) is 25.0 Å². The van der Waals surface area contributed by atoms with Crippen LogP contribution in [-0.4, -0.2) is 32.0 Å². The third kappa shape index (κ3) is 2.18. The molecule has 3 nitrogen and oxygen atoms in total. The summed E-state index contributed by atoms with van der Waals surface area (Å²) in [5.41, 5.74) is 1.95. The molecule has 1 fully saturated rings. The summed E-state index contributed by atoms with van der Waals surface area (Å²) in [7, 11) is 1.96. The molecule has 3 heteroatoms. The monoisotopic (exact) mass is 204 g/mol. The number of anilines is 1. The second-order valence-corrected chi connectivity index (χ2v) is 3.97. The molecule has 1 N–H and O–H groups in total. The highest BCUT2D eigenvalue weighted by molar-refractivity contribution is 5.95. The second kappa shape index (κ2) is 4.03. The van der Waals surface area contributed by atoms with Gasteiger partial charge < -0.3 is 10.2 Å². The van der Waals surface area contributed by atoms with Crippen LogP contribution in [0.1, 0.15) is 17.3 Å². The zero-order chi connectivity index (χ0) is 10.8. The van der Waals surface area contributed by atoms with E-state index in [2.05, 4.69) is 16.3 Å². The van der Waals surface area contributed by atoms with Crippen LogP contribution < -0.4 is 10.2 Å². The van der Waals surface area contributed by atoms with Crippen LogP contribution in [0.15, 0.2) is 24.3 Å². The Bertz CT molecular complexity index is 376. The van der Waals surface area contributed by atoms with Crippen LogP contribution in [0.2, 0.25) is 0 Å². The maximum absolute atomic E-state index is 11.2. The van der Waals surface area contributed by atoms with E-state index < -0.39 is 0 Å². The minimum absolute atomic E-state index is 0.129. The molecular weight excluding hydrogens is 188 g/mol. The highest BCUT2D eigenvalue weighted by Crippen LogP contribution is 2.27. The van der Waals surface area contributed by atoms with E-state index in [-0.39, 0.29) is 5.78 Å². The molecule has 80 valence electrons. The van der Waals surface area contributed by atoms with Crippen molar-refractivity contribution in [3.05, 3.63) is 29.8 Å². The van der Waals surface area contributed by atoms with E-state index in [1.54, 1.807) is 6.92 Å². The number of rotatable bonds is 4. The van der Waals surface area contributed by atoms with Crippen LogP contribution in [0.25, 0.3) is 0 Å². The molecule has 1 aliphatic rings. The molecule has 1 unspecified atom stereocenters. The lowest BCUT2D eigenvalue weighted by Crippen LogP contribution is -2.17. The van der Waals surface area contributed by atoms with E-state index in [4.69, 9.17) is 0 Å². The lowest BCUT2D eigenvalue weighted by molar-refractivity contribution is 0.101. The molecule has 2 rings (SSSR count). The molecule has 0 aromatic heterocycles. The fraction of sp³-hybridized carbons (Fsp3) is 0.417. The zero-order valence-electron chi connectivity index (χ0n) is 9.16. The minimum Gasteiger partial charge on any atom is -0.363 e. The largest absolute Gasteiger partial charge is 0.363 e. The molecule has 1 aromatic rings. The van der Waals surface area contributed by atoms with Gasteiger partial charge in [-0.25, -0.2) is 0 Å². The summed E-state index contributed by atoms with van der Waals surface area (Å²) in [5, 5.41) is 3.16. The summed E-state index contributed by atoms with van der Waals surface area (Å²) in [6.45, 7) is 3.69. The third-order valence-electron chi connectivity index (χ3n) is 2.74. The SMILES string of the molecule is CNCC1CN1c1cccc(C(C)=O)c1. The smallest absolute Gasteiger partial charge is 0.159 e. The molecule has 0 saturated carbocycles. The summed E-state index contributed by atoms with van der Waals surface area (Å²) in [5.74, 6) is 0.129. The molecule has 0 radical (unpaired) electrons. The molecule has 0 amide bonds. The Hall–Kier alpha value is -1.35. The second-order valence-electron chi connectivity index (χ2n) is 3.97. The van der Waals surface area contributed by atoms with Crippen LogP contribution in [0.3, 0.4) is 0 Å². The average molecular weight is 204 g/mol. The van der Waals surface area contributed by atoms with E-state index in [1.165, 1.54) is 0 Å². The Kier molecular flexibility index (Phi) is 2.73. The number of nitrogens with one attached hydrogen (secondary N) is 1. The van der Waals surface area contributed by atoms with Crippen LogP contribution in [0.4, 0.5) is 5.69 Å². The van der Waals surface area contributed by atoms with Crippen molar-refractivity contribution in [3.63, 3.8) is 0 Å². The third-order valence-corrected chi connectivity index (χ3v) is 2.74. The number of carbonyl (C=O) groups excluding carboxylic acids is 1. The molecule has 1 atom stereocenters. The zero-order valence-corrected chi connectivity index (χ0v) is 9.16. The molecular formula is C12H16N2O. The molecule has 1 aromatic carbocycles. The van der Waals surface area contributed by atoms with Gasteiger partial charge in [-0.3, -0.25) is 4.79 Å². The Morgan fingerprint density at radius 3 is 3.07 bits per heavy atom. The first-order valence-corrected chi connectivity index (χ1v) is 5.24. The van der Waals surface area contributed by atoms with Crippen molar-refractivity contribution in [1.82, 2.24) is 5.32 Å². The van der Waals surface area contributed by atoms with Gasteiger partial charge in [-0.1, -0.05) is 12.1 Å². The van der Waals surface area contributed by atoms with Crippen molar-refractivity contribution < 1.29 is 4.79 Å². The van der Waals surface area contributed by atoms with Gasteiger partial charge in [-0.15, -0.1) is 0 Å². The van der Waals surface area contributed by atoms with E-state index in [0.29, 0.717) is 6.04 Å². The van der Waals surface area contributed by atoms with E-state index in [9.17, 15) is 4.79 Å². The number of hydrogen-bond donors (Lipinski definition) is 1. The van der Waals surface area contributed by atoms with E-state index >= 15 is 0 Å². The van der Waals surface area contributed by atoms with Gasteiger partial charge in [0, 0.05) is 24.3 Å². The quantitative estimate of drug-likeness (QED) is 0.592. The fourth-order valence-electron chi connectivity index (χ4n) is 1.81. The molecule has 0 spiro atoms. The number of Topliss-reactive ketones (excluding diaryl/α,β-unsaturated/α-hetero) is 1. The molecule has 15 heavy (non-hydrogen) atoms. The summed E-state index contributed by atoms with van der Waals surface area (Å²) in [4.78, 5) is 13.5. The van der Waals surface area contributed by atoms with Crippen LogP contribution in [0, 0.1) is 0 Å². The van der Waals surface area contributed by atoms with Gasteiger partial charge in [0.05, 0.1) is 6.04 Å². The number of hydrogen-bond acceptors (Lipinski definition) is 3. The van der Waals surface area contributed by atoms with Gasteiger partial charge in [0.25, 0.3) is 0 Å². The van der Waals surface area contributed by atoms with Crippen molar-refractivity contribution in [2.45, 2.75) is 13.0 Å². The summed E-state index contributed by atoms with van der Waals surface area (Å²) < 4.78 is 0. The molecule has 1 aliphatic heterocycles. The van der Waals surface area contributed by atoms with Gasteiger partial charge >= 0.3 is 0 Å². The molecule has 1 heterocycles. The first-order valence-electron chi connectivity index (χ1n) is 5.24. The lowest BCUT2D eigenvalue weighted by Gasteiger charge is -2.06. The van der Waals surface area contributed by atoms with E-state index in [0.717, 1.165) is 24.3 Å². The topological polar surface area (TPSA) is 32.1 Å². The number of benzene rings is 1. The Morgan fingerprint density at radius 1 is 1.60 bits per heavy atom. The van der Waals surface area contributed by atoms with E-state index in [1.807, 2.05) is 25.2 Å². The van der Waals surface area contributed by atoms with Crippen LogP contribution in [-0.2, 0) is 0 Å². The van der Waals surface area contributed by atoms with Crippen LogP contribution in [0.5, 0.6) is 0 Å². The summed E-state index contributed by atoms with van der Waals surface area (Å²) in [6.07, 6.45) is 0. The first kappa shape index (κ1) is 10.2. The standard InChI is InChI=1S/C12H16N2O/c1-9(15)10-4-3-5-11(6-10)14-8-12(14)7-13-2/h3-6,12-13H,7-8H2,1-2H3. The predicted molar refractivity (Wildman–Crippen MR) is 61.5 cm³/mol. The molecule has 1 saturated heterocycles. The fourth-order valence-corrected chi connectivity index (χ4v) is 1.81. The van der Waals surface area contributed by atoms with Crippen molar-refractivity contribution >= 4 is 11.5 Å². The molecule has 0 aliphatic carbocycles. The Morgan fingerprint density at radius 2 is 2.40 bits per heavy atom. The van der Waals surface area contributed by atoms with Gasteiger partial charge in [-0.2, -0.15) is 0 Å². The number of carbonyl (C=O) groups is 1. The van der Waals surface area contributed by atoms with Gasteiger partial charge in [0.2, 0.25) is 0 Å². The Labute approximate surface area is 90.1 Å². The average Bonchev–Trinajstić information content (AvgIpc) is 2.98. The highest BCUT2D eigenvalue weighted by atomic mass is 16.1. The number of nitrogens with zero attached hydrogens (tertiary/aromatic N) is 1. The lowest BCUT2D eigenvalue weighted by atomic mass is 10.1. The van der Waals surface area contributed by atoms with Crippen molar-refractivity contribution in [2.24, 2.45) is 0 Å². The predicted octanol–water partition coefficient (Wildman–Crippen LogP) is 1.30. The number of ketones is 1. The Balaban J connectivity index is 2.10. The maximum Gasteiger partial charge on any atom is 0.159 e. The first-order chi connectivity index (χ1) is 7.22. The van der Waals surface area contributed by atoms with Gasteiger partial charge in [-0.05, 0) is 26.1 Å². The maximum atomic E-state index is 11.2. The number of likely N-dealkylation sites (N-methyl/N-ethyl adjacent to an activating group) is 1. The summed E-state index contributed by atoms with van der Waals surface area (Å²) >= 11 is 0. The van der Waals surface area contributed by atoms with Gasteiger partial charge in [0.1, 0.15) is 0 Å². The van der Waals surface area contributed by atoms with Crippen LogP contribution >= 0.6 is 0 Å². The molecule has 0 bridgehead atoms. The van der Waals surface area contributed by atoms with Crippen molar-refractivity contribution in [1.29, 1.82) is 0 Å².